The number of hydrogen-bond donors (Lipinski definition) is 2. The predicted octanol–water partition coefficient (Wildman–Crippen LogP) is 2.35. The molecule has 1 atom stereocenters. The van der Waals surface area contributed by atoms with Gasteiger partial charge in [0.1, 0.15) is 11.6 Å². The second-order valence-corrected chi connectivity index (χ2v) is 4.71. The summed E-state index contributed by atoms with van der Waals surface area (Å²) in [5.74, 6) is -1.25. The van der Waals surface area contributed by atoms with Crippen LogP contribution in [0.5, 0.6) is 5.75 Å². The number of halogens is 1. The Hall–Kier alpha value is -2.11. The maximum atomic E-state index is 12.9. The Morgan fingerprint density at radius 3 is 2.81 bits per heavy atom. The van der Waals surface area contributed by atoms with Gasteiger partial charge in [-0.25, -0.2) is 4.39 Å². The van der Waals surface area contributed by atoms with Gasteiger partial charge in [0.2, 0.25) is 5.91 Å². The van der Waals surface area contributed by atoms with Crippen molar-refractivity contribution in [2.24, 2.45) is 0 Å². The molecule has 1 aromatic carbocycles. The van der Waals surface area contributed by atoms with Gasteiger partial charge in [0.05, 0.1) is 19.4 Å². The molecule has 0 aliphatic heterocycles. The highest BCUT2D eigenvalue weighted by Crippen LogP contribution is 2.12. The quantitative estimate of drug-likeness (QED) is 0.733. The molecule has 0 aliphatic carbocycles. The van der Waals surface area contributed by atoms with Crippen LogP contribution in [-0.4, -0.2) is 29.6 Å². The van der Waals surface area contributed by atoms with E-state index in [-0.39, 0.29) is 31.4 Å². The smallest absolute Gasteiger partial charge is 0.305 e. The number of nitrogens with one attached hydrogen (secondary N) is 1. The van der Waals surface area contributed by atoms with Gasteiger partial charge in [-0.15, -0.1) is 0 Å². The lowest BCUT2D eigenvalue weighted by Gasteiger charge is -2.16. The Balaban J connectivity index is 2.33. The molecule has 0 bridgehead atoms. The summed E-state index contributed by atoms with van der Waals surface area (Å²) < 4.78 is 18.2. The van der Waals surface area contributed by atoms with E-state index in [0.29, 0.717) is 12.2 Å². The molecule has 1 rings (SSSR count). The molecule has 0 saturated heterocycles. The SMILES string of the molecule is CCCC(CC(=O)O)NC(=O)CCOc1cccc(F)c1. The molecule has 0 spiro atoms. The average molecular weight is 297 g/mol. The summed E-state index contributed by atoms with van der Waals surface area (Å²) in [5, 5.41) is 11.4. The first-order valence-electron chi connectivity index (χ1n) is 6.90. The zero-order chi connectivity index (χ0) is 15.7. The minimum Gasteiger partial charge on any atom is -0.493 e. The molecular formula is C15H20FNO4. The number of carboxylic acid groups (broad SMARTS) is 1. The number of ether oxygens (including phenoxy) is 1. The van der Waals surface area contributed by atoms with Crippen molar-refractivity contribution in [3.63, 3.8) is 0 Å². The summed E-state index contributed by atoms with van der Waals surface area (Å²) in [6.07, 6.45) is 1.40. The lowest BCUT2D eigenvalue weighted by Crippen LogP contribution is -2.37. The van der Waals surface area contributed by atoms with Crippen LogP contribution in [0.1, 0.15) is 32.6 Å². The van der Waals surface area contributed by atoms with Crippen molar-refractivity contribution in [2.75, 3.05) is 6.61 Å². The topological polar surface area (TPSA) is 75.6 Å². The zero-order valence-electron chi connectivity index (χ0n) is 12.0. The number of amides is 1. The highest BCUT2D eigenvalue weighted by molar-refractivity contribution is 5.77. The minimum atomic E-state index is -0.940. The Bertz CT molecular complexity index is 478. The van der Waals surface area contributed by atoms with Gasteiger partial charge in [0, 0.05) is 12.1 Å². The molecule has 1 aromatic rings. The molecular weight excluding hydrogens is 277 g/mol. The highest BCUT2D eigenvalue weighted by Gasteiger charge is 2.15. The third-order valence-electron chi connectivity index (χ3n) is 2.82. The molecule has 1 unspecified atom stereocenters. The lowest BCUT2D eigenvalue weighted by atomic mass is 10.1. The molecule has 5 nitrogen and oxygen atoms in total. The summed E-state index contributed by atoms with van der Waals surface area (Å²) in [6.45, 7) is 2.04. The van der Waals surface area contributed by atoms with Crippen molar-refractivity contribution in [1.82, 2.24) is 5.32 Å². The maximum Gasteiger partial charge on any atom is 0.305 e. The largest absolute Gasteiger partial charge is 0.493 e. The molecule has 0 aromatic heterocycles. The van der Waals surface area contributed by atoms with Crippen molar-refractivity contribution in [3.8, 4) is 5.75 Å². The van der Waals surface area contributed by atoms with E-state index in [1.54, 1.807) is 6.07 Å². The first kappa shape index (κ1) is 16.9. The highest BCUT2D eigenvalue weighted by atomic mass is 19.1. The van der Waals surface area contributed by atoms with Crippen LogP contribution in [0.25, 0.3) is 0 Å². The first-order chi connectivity index (χ1) is 10.0. The Kier molecular flexibility index (Phi) is 7.21. The monoisotopic (exact) mass is 297 g/mol. The van der Waals surface area contributed by atoms with Crippen LogP contribution in [0.3, 0.4) is 0 Å². The Morgan fingerprint density at radius 1 is 1.43 bits per heavy atom. The van der Waals surface area contributed by atoms with E-state index in [2.05, 4.69) is 5.32 Å². The number of carbonyl (C=O) groups is 2. The molecule has 1 amide bonds. The predicted molar refractivity (Wildman–Crippen MR) is 75.6 cm³/mol. The molecule has 0 saturated carbocycles. The molecule has 0 heterocycles. The molecule has 0 fully saturated rings. The van der Waals surface area contributed by atoms with Gasteiger partial charge in [-0.05, 0) is 18.6 Å². The molecule has 2 N–H and O–H groups in total. The van der Waals surface area contributed by atoms with E-state index in [1.165, 1.54) is 18.2 Å². The second kappa shape index (κ2) is 8.94. The van der Waals surface area contributed by atoms with Gasteiger partial charge in [-0.1, -0.05) is 19.4 Å². The van der Waals surface area contributed by atoms with Crippen LogP contribution >= 0.6 is 0 Å². The molecule has 116 valence electrons. The van der Waals surface area contributed by atoms with Crippen molar-refractivity contribution in [3.05, 3.63) is 30.1 Å². The number of carbonyl (C=O) groups excluding carboxylic acids is 1. The van der Waals surface area contributed by atoms with Crippen molar-refractivity contribution in [2.45, 2.75) is 38.6 Å². The summed E-state index contributed by atoms with van der Waals surface area (Å²) in [6, 6.07) is 5.30. The van der Waals surface area contributed by atoms with Crippen molar-refractivity contribution < 1.29 is 23.8 Å². The summed E-state index contributed by atoms with van der Waals surface area (Å²) in [4.78, 5) is 22.4. The number of aliphatic carboxylic acids is 1. The van der Waals surface area contributed by atoms with E-state index in [9.17, 15) is 14.0 Å². The molecule has 0 radical (unpaired) electrons. The third-order valence-corrected chi connectivity index (χ3v) is 2.82. The lowest BCUT2D eigenvalue weighted by molar-refractivity contribution is -0.137. The van der Waals surface area contributed by atoms with Crippen molar-refractivity contribution >= 4 is 11.9 Å². The van der Waals surface area contributed by atoms with Crippen molar-refractivity contribution in [1.29, 1.82) is 0 Å². The average Bonchev–Trinajstić information content (AvgIpc) is 2.38. The van der Waals surface area contributed by atoms with Gasteiger partial charge in [-0.2, -0.15) is 0 Å². The van der Waals surface area contributed by atoms with Crippen LogP contribution < -0.4 is 10.1 Å². The van der Waals surface area contributed by atoms with E-state index >= 15 is 0 Å². The maximum absolute atomic E-state index is 12.9. The fourth-order valence-corrected chi connectivity index (χ4v) is 1.90. The third kappa shape index (κ3) is 7.29. The Labute approximate surface area is 123 Å². The second-order valence-electron chi connectivity index (χ2n) is 4.71. The first-order valence-corrected chi connectivity index (χ1v) is 6.90. The number of hydrogen-bond acceptors (Lipinski definition) is 3. The van der Waals surface area contributed by atoms with Crippen LogP contribution in [0.2, 0.25) is 0 Å². The van der Waals surface area contributed by atoms with Crippen LogP contribution in [-0.2, 0) is 9.59 Å². The standard InChI is InChI=1S/C15H20FNO4/c1-2-4-12(10-15(19)20)17-14(18)7-8-21-13-6-3-5-11(16)9-13/h3,5-6,9,12H,2,4,7-8,10H2,1H3,(H,17,18)(H,19,20). The van der Waals surface area contributed by atoms with Crippen LogP contribution in [0.15, 0.2) is 24.3 Å². The van der Waals surface area contributed by atoms with E-state index < -0.39 is 11.8 Å². The molecule has 0 aliphatic rings. The van der Waals surface area contributed by atoms with E-state index in [4.69, 9.17) is 9.84 Å². The molecule has 21 heavy (non-hydrogen) atoms. The molecule has 6 heteroatoms. The normalized spacial score (nSPS) is 11.7. The van der Waals surface area contributed by atoms with Crippen LogP contribution in [0.4, 0.5) is 4.39 Å². The van der Waals surface area contributed by atoms with E-state index in [1.807, 2.05) is 6.92 Å². The zero-order valence-corrected chi connectivity index (χ0v) is 12.0. The van der Waals surface area contributed by atoms with Gasteiger partial charge in [0.15, 0.2) is 0 Å². The van der Waals surface area contributed by atoms with Crippen LogP contribution in [0, 0.1) is 5.82 Å². The minimum absolute atomic E-state index is 0.0929. The number of carboxylic acids is 1. The number of rotatable bonds is 9. The fourth-order valence-electron chi connectivity index (χ4n) is 1.90. The van der Waals surface area contributed by atoms with Gasteiger partial charge in [-0.3, -0.25) is 9.59 Å². The van der Waals surface area contributed by atoms with Gasteiger partial charge < -0.3 is 15.2 Å². The Morgan fingerprint density at radius 2 is 2.19 bits per heavy atom. The number of benzene rings is 1. The fraction of sp³-hybridized carbons (Fsp3) is 0.467. The summed E-state index contributed by atoms with van der Waals surface area (Å²) >= 11 is 0. The summed E-state index contributed by atoms with van der Waals surface area (Å²) in [7, 11) is 0. The van der Waals surface area contributed by atoms with Gasteiger partial charge >= 0.3 is 5.97 Å². The van der Waals surface area contributed by atoms with Gasteiger partial charge in [0.25, 0.3) is 0 Å². The summed E-state index contributed by atoms with van der Waals surface area (Å²) in [5.41, 5.74) is 0. The van der Waals surface area contributed by atoms with E-state index in [0.717, 1.165) is 6.42 Å².